The van der Waals surface area contributed by atoms with Gasteiger partial charge in [-0.15, -0.1) is 0 Å². The van der Waals surface area contributed by atoms with E-state index in [9.17, 15) is 4.79 Å². The van der Waals surface area contributed by atoms with Gasteiger partial charge in [-0.1, -0.05) is 20.8 Å². The van der Waals surface area contributed by atoms with Gasteiger partial charge in [0.2, 0.25) is 5.91 Å². The lowest BCUT2D eigenvalue weighted by Crippen LogP contribution is -2.76. The van der Waals surface area contributed by atoms with Crippen molar-refractivity contribution in [2.75, 3.05) is 25.4 Å². The Labute approximate surface area is 126 Å². The van der Waals surface area contributed by atoms with Crippen LogP contribution in [-0.2, 0) is 9.53 Å². The van der Waals surface area contributed by atoms with E-state index >= 15 is 0 Å². The van der Waals surface area contributed by atoms with Gasteiger partial charge in [-0.05, 0) is 13.3 Å². The van der Waals surface area contributed by atoms with E-state index < -0.39 is 5.54 Å². The van der Waals surface area contributed by atoms with Gasteiger partial charge in [0.05, 0.1) is 6.10 Å². The predicted molar refractivity (Wildman–Crippen MR) is 83.8 cm³/mol. The van der Waals surface area contributed by atoms with Gasteiger partial charge in [0.1, 0.15) is 5.54 Å². The molecule has 1 aliphatic heterocycles. The van der Waals surface area contributed by atoms with Gasteiger partial charge in [-0.3, -0.25) is 4.79 Å². The fourth-order valence-electron chi connectivity index (χ4n) is 3.23. The number of ether oxygens (including phenoxy) is 1. The molecule has 2 fully saturated rings. The maximum atomic E-state index is 12.9. The van der Waals surface area contributed by atoms with Crippen molar-refractivity contribution in [2.24, 2.45) is 11.1 Å². The second-order valence-corrected chi connectivity index (χ2v) is 7.90. The van der Waals surface area contributed by atoms with E-state index in [1.54, 1.807) is 0 Å². The first-order valence-electron chi connectivity index (χ1n) is 7.68. The van der Waals surface area contributed by atoms with Gasteiger partial charge in [-0.25, -0.2) is 0 Å². The van der Waals surface area contributed by atoms with Crippen LogP contribution >= 0.6 is 11.8 Å². The molecule has 2 aliphatic rings. The topological polar surface area (TPSA) is 55.6 Å². The quantitative estimate of drug-likeness (QED) is 0.861. The van der Waals surface area contributed by atoms with Crippen LogP contribution in [0, 0.1) is 5.41 Å². The molecule has 0 aromatic heterocycles. The smallest absolute Gasteiger partial charge is 0.243 e. The van der Waals surface area contributed by atoms with Crippen LogP contribution in [0.2, 0.25) is 0 Å². The summed E-state index contributed by atoms with van der Waals surface area (Å²) in [5, 5.41) is 0.558. The molecule has 1 heterocycles. The first kappa shape index (κ1) is 16.1. The first-order chi connectivity index (χ1) is 9.36. The first-order valence-corrected chi connectivity index (χ1v) is 8.73. The molecular weight excluding hydrogens is 272 g/mol. The molecule has 1 saturated heterocycles. The summed E-state index contributed by atoms with van der Waals surface area (Å²) in [5.41, 5.74) is 5.44. The summed E-state index contributed by atoms with van der Waals surface area (Å²) in [5.74, 6) is 1.15. The molecule has 1 aliphatic carbocycles. The van der Waals surface area contributed by atoms with Gasteiger partial charge < -0.3 is 15.4 Å². The number of carbonyl (C=O) groups excluding carboxylic acids is 1. The summed E-state index contributed by atoms with van der Waals surface area (Å²) in [6.45, 7) is 10.6. The largest absolute Gasteiger partial charge is 0.378 e. The molecule has 2 N–H and O–H groups in total. The maximum Gasteiger partial charge on any atom is 0.243 e. The van der Waals surface area contributed by atoms with Crippen LogP contribution in [-0.4, -0.2) is 53.1 Å². The molecule has 1 amide bonds. The summed E-state index contributed by atoms with van der Waals surface area (Å²) in [6, 6.07) is 0. The SMILES string of the molecule is CCOC1CC(N)(C(=O)N2CCSC(CC)C2)C1(C)C. The molecule has 0 aromatic rings. The molecule has 4 nitrogen and oxygen atoms in total. The number of nitrogens with zero attached hydrogens (tertiary/aromatic N) is 1. The molecule has 3 atom stereocenters. The van der Waals surface area contributed by atoms with Gasteiger partial charge in [0.25, 0.3) is 0 Å². The van der Waals surface area contributed by atoms with E-state index in [0.29, 0.717) is 18.3 Å². The third kappa shape index (κ3) is 2.48. The lowest BCUT2D eigenvalue weighted by molar-refractivity contribution is -0.179. The van der Waals surface area contributed by atoms with Crippen molar-refractivity contribution in [1.29, 1.82) is 0 Å². The highest BCUT2D eigenvalue weighted by Crippen LogP contribution is 2.50. The second kappa shape index (κ2) is 5.85. The maximum absolute atomic E-state index is 12.9. The number of nitrogens with two attached hydrogens (primary N) is 1. The molecular formula is C15H28N2O2S. The molecule has 5 heteroatoms. The van der Waals surface area contributed by atoms with Crippen LogP contribution < -0.4 is 5.73 Å². The summed E-state index contributed by atoms with van der Waals surface area (Å²) < 4.78 is 5.71. The van der Waals surface area contributed by atoms with Crippen molar-refractivity contribution in [3.63, 3.8) is 0 Å². The molecule has 0 aromatic carbocycles. The molecule has 2 rings (SSSR count). The van der Waals surface area contributed by atoms with Gasteiger partial charge in [-0.2, -0.15) is 11.8 Å². The van der Waals surface area contributed by atoms with E-state index in [-0.39, 0.29) is 17.4 Å². The Hall–Kier alpha value is -0.260. The number of hydrogen-bond donors (Lipinski definition) is 1. The Morgan fingerprint density at radius 1 is 1.45 bits per heavy atom. The molecule has 0 spiro atoms. The third-order valence-electron chi connectivity index (χ3n) is 5.09. The van der Waals surface area contributed by atoms with Crippen molar-refractivity contribution in [1.82, 2.24) is 4.90 Å². The zero-order valence-corrected chi connectivity index (χ0v) is 14.0. The van der Waals surface area contributed by atoms with E-state index in [1.807, 2.05) is 23.6 Å². The Morgan fingerprint density at radius 3 is 2.70 bits per heavy atom. The fraction of sp³-hybridized carbons (Fsp3) is 0.933. The van der Waals surface area contributed by atoms with Crippen LogP contribution in [0.5, 0.6) is 0 Å². The van der Waals surface area contributed by atoms with Crippen LogP contribution in [0.15, 0.2) is 0 Å². The van der Waals surface area contributed by atoms with Crippen molar-refractivity contribution >= 4 is 17.7 Å². The average Bonchev–Trinajstić information content (AvgIpc) is 2.46. The van der Waals surface area contributed by atoms with Gasteiger partial charge >= 0.3 is 0 Å². The zero-order valence-electron chi connectivity index (χ0n) is 13.1. The Bertz CT molecular complexity index is 375. The standard InChI is InChI=1S/C15H28N2O2S/c1-5-11-10-17(7-8-20-11)13(18)15(16)9-12(19-6-2)14(15,3)4/h11-12H,5-10,16H2,1-4H3. The minimum Gasteiger partial charge on any atom is -0.378 e. The van der Waals surface area contributed by atoms with Gasteiger partial charge in [0, 0.05) is 42.5 Å². The van der Waals surface area contributed by atoms with E-state index in [4.69, 9.17) is 10.5 Å². The Balaban J connectivity index is 2.05. The van der Waals surface area contributed by atoms with Crippen LogP contribution in [0.1, 0.15) is 40.5 Å². The fourth-order valence-corrected chi connectivity index (χ4v) is 4.41. The van der Waals surface area contributed by atoms with Crippen molar-refractivity contribution in [2.45, 2.75) is 57.4 Å². The Morgan fingerprint density at radius 2 is 2.15 bits per heavy atom. The molecule has 116 valence electrons. The molecule has 20 heavy (non-hydrogen) atoms. The monoisotopic (exact) mass is 300 g/mol. The third-order valence-corrected chi connectivity index (χ3v) is 6.47. The molecule has 3 unspecified atom stereocenters. The second-order valence-electron chi connectivity index (χ2n) is 6.49. The van der Waals surface area contributed by atoms with Crippen LogP contribution in [0.25, 0.3) is 0 Å². The lowest BCUT2D eigenvalue weighted by atomic mass is 9.54. The number of thioether (sulfide) groups is 1. The lowest BCUT2D eigenvalue weighted by Gasteiger charge is -2.59. The van der Waals surface area contributed by atoms with Gasteiger partial charge in [0.15, 0.2) is 0 Å². The van der Waals surface area contributed by atoms with E-state index in [1.165, 1.54) is 0 Å². The highest BCUT2D eigenvalue weighted by atomic mass is 32.2. The number of hydrogen-bond acceptors (Lipinski definition) is 4. The molecule has 0 bridgehead atoms. The number of rotatable bonds is 4. The molecule has 0 radical (unpaired) electrons. The van der Waals surface area contributed by atoms with Crippen molar-refractivity contribution in [3.05, 3.63) is 0 Å². The zero-order chi connectivity index (χ0) is 15.0. The average molecular weight is 300 g/mol. The summed E-state index contributed by atoms with van der Waals surface area (Å²) in [7, 11) is 0. The summed E-state index contributed by atoms with van der Waals surface area (Å²) in [6.07, 6.45) is 1.85. The molecule has 1 saturated carbocycles. The minimum absolute atomic E-state index is 0.0996. The summed E-state index contributed by atoms with van der Waals surface area (Å²) >= 11 is 1.97. The van der Waals surface area contributed by atoms with Crippen LogP contribution in [0.4, 0.5) is 0 Å². The van der Waals surface area contributed by atoms with E-state index in [2.05, 4.69) is 20.8 Å². The van der Waals surface area contributed by atoms with E-state index in [0.717, 1.165) is 25.3 Å². The number of amides is 1. The van der Waals surface area contributed by atoms with Crippen molar-refractivity contribution < 1.29 is 9.53 Å². The predicted octanol–water partition coefficient (Wildman–Crippen LogP) is 1.87. The van der Waals surface area contributed by atoms with Crippen LogP contribution in [0.3, 0.4) is 0 Å². The Kier molecular flexibility index (Phi) is 4.72. The van der Waals surface area contributed by atoms with Crippen molar-refractivity contribution in [3.8, 4) is 0 Å². The summed E-state index contributed by atoms with van der Waals surface area (Å²) in [4.78, 5) is 14.8. The highest BCUT2D eigenvalue weighted by Gasteiger charge is 2.63. The normalized spacial score (nSPS) is 36.5. The number of carbonyl (C=O) groups is 1. The highest BCUT2D eigenvalue weighted by molar-refractivity contribution is 8.00. The minimum atomic E-state index is -0.757.